The summed E-state index contributed by atoms with van der Waals surface area (Å²) in [7, 11) is 0. The number of aromatic nitrogens is 1. The maximum atomic E-state index is 11.0. The Morgan fingerprint density at radius 2 is 2.35 bits per heavy atom. The van der Waals surface area contributed by atoms with Crippen molar-refractivity contribution < 1.29 is 9.21 Å². The molecule has 0 saturated heterocycles. The summed E-state index contributed by atoms with van der Waals surface area (Å²) in [5, 5.41) is 3.55. The fourth-order valence-corrected chi connectivity index (χ4v) is 1.51. The van der Waals surface area contributed by atoms with Crippen molar-refractivity contribution in [3.05, 3.63) is 47.1 Å². The van der Waals surface area contributed by atoms with Gasteiger partial charge in [0.25, 0.3) is 0 Å². The third-order valence-corrected chi connectivity index (χ3v) is 2.52. The summed E-state index contributed by atoms with van der Waals surface area (Å²) in [4.78, 5) is 14.8. The summed E-state index contributed by atoms with van der Waals surface area (Å²) in [6, 6.07) is 4.79. The summed E-state index contributed by atoms with van der Waals surface area (Å²) >= 11 is 5.98. The van der Waals surface area contributed by atoms with Gasteiger partial charge in [-0.3, -0.25) is 4.79 Å². The van der Waals surface area contributed by atoms with E-state index in [-0.39, 0.29) is 0 Å². The number of benzene rings is 1. The van der Waals surface area contributed by atoms with Gasteiger partial charge >= 0.3 is 0 Å². The van der Waals surface area contributed by atoms with Crippen LogP contribution in [0.4, 0.5) is 5.69 Å². The van der Waals surface area contributed by atoms with Crippen molar-refractivity contribution in [3.8, 4) is 0 Å². The molecule has 0 atom stereocenters. The van der Waals surface area contributed by atoms with Gasteiger partial charge in [0.1, 0.15) is 5.76 Å². The molecule has 0 unspecified atom stereocenters. The molecule has 88 valence electrons. The van der Waals surface area contributed by atoms with Crippen LogP contribution in [0.1, 0.15) is 16.1 Å². The summed E-state index contributed by atoms with van der Waals surface area (Å²) in [6.07, 6.45) is 2.94. The number of nitrogens with zero attached hydrogens (tertiary/aromatic N) is 1. The first-order valence-corrected chi connectivity index (χ1v) is 5.25. The van der Waals surface area contributed by atoms with E-state index in [1.807, 2.05) is 0 Å². The Morgan fingerprint density at radius 3 is 3.00 bits per heavy atom. The highest BCUT2D eigenvalue weighted by Gasteiger charge is 2.06. The van der Waals surface area contributed by atoms with E-state index in [2.05, 4.69) is 10.3 Å². The van der Waals surface area contributed by atoms with Gasteiger partial charge in [0.15, 0.2) is 6.39 Å². The SMILES string of the molecule is NC(=O)c1ccc(Cl)c(NCc2cnco2)c1. The van der Waals surface area contributed by atoms with Crippen LogP contribution in [-0.4, -0.2) is 10.9 Å². The number of carbonyl (C=O) groups is 1. The zero-order chi connectivity index (χ0) is 12.3. The maximum absolute atomic E-state index is 11.0. The summed E-state index contributed by atoms with van der Waals surface area (Å²) in [6.45, 7) is 0.432. The number of oxazole rings is 1. The Labute approximate surface area is 103 Å². The molecule has 0 aliphatic rings. The van der Waals surface area contributed by atoms with Crippen molar-refractivity contribution in [3.63, 3.8) is 0 Å². The highest BCUT2D eigenvalue weighted by Crippen LogP contribution is 2.23. The van der Waals surface area contributed by atoms with Crippen LogP contribution in [0.5, 0.6) is 0 Å². The predicted octanol–water partition coefficient (Wildman–Crippen LogP) is 2.04. The molecule has 0 aliphatic carbocycles. The van der Waals surface area contributed by atoms with Crippen molar-refractivity contribution >= 4 is 23.2 Å². The minimum atomic E-state index is -0.496. The molecular weight excluding hydrogens is 242 g/mol. The lowest BCUT2D eigenvalue weighted by Crippen LogP contribution is -2.11. The van der Waals surface area contributed by atoms with Crippen LogP contribution in [0, 0.1) is 0 Å². The first-order valence-electron chi connectivity index (χ1n) is 4.87. The number of nitrogens with one attached hydrogen (secondary N) is 1. The first-order chi connectivity index (χ1) is 8.16. The minimum absolute atomic E-state index is 0.398. The predicted molar refractivity (Wildman–Crippen MR) is 63.8 cm³/mol. The number of nitrogens with two attached hydrogens (primary N) is 1. The largest absolute Gasteiger partial charge is 0.447 e. The second-order valence-electron chi connectivity index (χ2n) is 3.38. The van der Waals surface area contributed by atoms with Crippen molar-refractivity contribution in [1.82, 2.24) is 4.98 Å². The zero-order valence-corrected chi connectivity index (χ0v) is 9.57. The highest BCUT2D eigenvalue weighted by molar-refractivity contribution is 6.33. The van der Waals surface area contributed by atoms with Crippen molar-refractivity contribution in [2.24, 2.45) is 5.73 Å². The van der Waals surface area contributed by atoms with Gasteiger partial charge in [-0.25, -0.2) is 4.98 Å². The van der Waals surface area contributed by atoms with E-state index < -0.39 is 5.91 Å². The lowest BCUT2D eigenvalue weighted by atomic mass is 10.2. The van der Waals surface area contributed by atoms with Crippen LogP contribution < -0.4 is 11.1 Å². The maximum Gasteiger partial charge on any atom is 0.248 e. The van der Waals surface area contributed by atoms with E-state index in [4.69, 9.17) is 21.8 Å². The minimum Gasteiger partial charge on any atom is -0.447 e. The van der Waals surface area contributed by atoms with Crippen LogP contribution in [0.3, 0.4) is 0 Å². The van der Waals surface area contributed by atoms with E-state index in [1.165, 1.54) is 6.39 Å². The summed E-state index contributed by atoms with van der Waals surface area (Å²) < 4.78 is 5.06. The average Bonchev–Trinajstić information content (AvgIpc) is 2.80. The molecule has 0 radical (unpaired) electrons. The molecule has 3 N–H and O–H groups in total. The van der Waals surface area contributed by atoms with Crippen LogP contribution >= 0.6 is 11.6 Å². The van der Waals surface area contributed by atoms with Gasteiger partial charge in [0.05, 0.1) is 23.5 Å². The number of anilines is 1. The molecule has 17 heavy (non-hydrogen) atoms. The Hall–Kier alpha value is -2.01. The van der Waals surface area contributed by atoms with Gasteiger partial charge in [-0.2, -0.15) is 0 Å². The third-order valence-electron chi connectivity index (χ3n) is 2.19. The van der Waals surface area contributed by atoms with Gasteiger partial charge in [0, 0.05) is 5.56 Å². The Kier molecular flexibility index (Phi) is 3.30. The van der Waals surface area contributed by atoms with Gasteiger partial charge < -0.3 is 15.5 Å². The van der Waals surface area contributed by atoms with Gasteiger partial charge in [-0.05, 0) is 18.2 Å². The van der Waals surface area contributed by atoms with Gasteiger partial charge in [-0.15, -0.1) is 0 Å². The molecule has 0 aliphatic heterocycles. The number of hydrogen-bond acceptors (Lipinski definition) is 4. The molecule has 1 amide bonds. The molecule has 1 aromatic carbocycles. The fourth-order valence-electron chi connectivity index (χ4n) is 1.33. The third kappa shape index (κ3) is 2.76. The Bertz CT molecular complexity index is 526. The quantitative estimate of drug-likeness (QED) is 0.871. The molecule has 6 heteroatoms. The summed E-state index contributed by atoms with van der Waals surface area (Å²) in [5.74, 6) is 0.176. The van der Waals surface area contributed by atoms with E-state index in [0.29, 0.717) is 28.6 Å². The van der Waals surface area contributed by atoms with E-state index in [0.717, 1.165) is 0 Å². The van der Waals surface area contributed by atoms with E-state index in [1.54, 1.807) is 24.4 Å². The number of hydrogen-bond donors (Lipinski definition) is 2. The van der Waals surface area contributed by atoms with Gasteiger partial charge in [-0.1, -0.05) is 11.6 Å². The molecule has 0 spiro atoms. The van der Waals surface area contributed by atoms with Crippen molar-refractivity contribution in [2.75, 3.05) is 5.32 Å². The second kappa shape index (κ2) is 4.88. The number of amides is 1. The topological polar surface area (TPSA) is 81.2 Å². The lowest BCUT2D eigenvalue weighted by Gasteiger charge is -2.07. The Morgan fingerprint density at radius 1 is 1.53 bits per heavy atom. The lowest BCUT2D eigenvalue weighted by molar-refractivity contribution is 0.100. The molecule has 2 rings (SSSR count). The van der Waals surface area contributed by atoms with Crippen molar-refractivity contribution in [1.29, 1.82) is 0 Å². The normalized spacial score (nSPS) is 10.2. The molecule has 0 bridgehead atoms. The molecule has 0 fully saturated rings. The van der Waals surface area contributed by atoms with E-state index in [9.17, 15) is 4.79 Å². The molecular formula is C11H10ClN3O2. The van der Waals surface area contributed by atoms with Crippen LogP contribution in [-0.2, 0) is 6.54 Å². The molecule has 0 saturated carbocycles. The molecule has 1 heterocycles. The fraction of sp³-hybridized carbons (Fsp3) is 0.0909. The number of halogens is 1. The van der Waals surface area contributed by atoms with E-state index >= 15 is 0 Å². The molecule has 5 nitrogen and oxygen atoms in total. The summed E-state index contributed by atoms with van der Waals surface area (Å²) in [5.41, 5.74) is 6.21. The van der Waals surface area contributed by atoms with Gasteiger partial charge in [0.2, 0.25) is 5.91 Å². The standard InChI is InChI=1S/C11H10ClN3O2/c12-9-2-1-7(11(13)16)3-10(9)15-5-8-4-14-6-17-8/h1-4,6,15H,5H2,(H2,13,16). The average molecular weight is 252 g/mol. The zero-order valence-electron chi connectivity index (χ0n) is 8.81. The number of carbonyl (C=O) groups excluding carboxylic acids is 1. The second-order valence-corrected chi connectivity index (χ2v) is 3.79. The molecule has 1 aromatic heterocycles. The van der Waals surface area contributed by atoms with Crippen LogP contribution in [0.25, 0.3) is 0 Å². The Balaban J connectivity index is 2.14. The van der Waals surface area contributed by atoms with Crippen LogP contribution in [0.2, 0.25) is 5.02 Å². The highest BCUT2D eigenvalue weighted by atomic mass is 35.5. The monoisotopic (exact) mass is 251 g/mol. The van der Waals surface area contributed by atoms with Crippen LogP contribution in [0.15, 0.2) is 35.2 Å². The number of rotatable bonds is 4. The smallest absolute Gasteiger partial charge is 0.248 e. The first kappa shape index (κ1) is 11.5. The van der Waals surface area contributed by atoms with Crippen molar-refractivity contribution in [2.45, 2.75) is 6.54 Å². The number of primary amides is 1. The molecule has 2 aromatic rings.